The second-order valence-corrected chi connectivity index (χ2v) is 29.0. The normalized spacial score (nSPS) is 20.9. The summed E-state index contributed by atoms with van der Waals surface area (Å²) in [6.45, 7) is 43.2. The van der Waals surface area contributed by atoms with Crippen LogP contribution in [-0.4, -0.2) is 130 Å². The Hall–Kier alpha value is -7.12. The smallest absolute Gasteiger partial charge is 0.411 e. The number of nitrogens with zero attached hydrogens (tertiary/aromatic N) is 3. The van der Waals surface area contributed by atoms with Gasteiger partial charge in [0.1, 0.15) is 17.5 Å². The molecule has 11 aliphatic rings. The van der Waals surface area contributed by atoms with E-state index in [1.54, 1.807) is 4.90 Å². The van der Waals surface area contributed by atoms with E-state index >= 15 is 0 Å². The first-order valence-electron chi connectivity index (χ1n) is 38.1. The summed E-state index contributed by atoms with van der Waals surface area (Å²) in [6, 6.07) is 33.8. The van der Waals surface area contributed by atoms with Crippen LogP contribution in [0.1, 0.15) is 213 Å². The lowest BCUT2D eigenvalue weighted by atomic mass is 9.87. The molecule has 3 unspecified atom stereocenters. The van der Waals surface area contributed by atoms with Crippen molar-refractivity contribution in [1.29, 1.82) is 0 Å². The van der Waals surface area contributed by atoms with E-state index in [-0.39, 0.29) is 43.1 Å². The van der Waals surface area contributed by atoms with Gasteiger partial charge in [0, 0.05) is 36.9 Å². The van der Waals surface area contributed by atoms with Gasteiger partial charge in [0.25, 0.3) is 0 Å². The van der Waals surface area contributed by atoms with Crippen molar-refractivity contribution in [1.82, 2.24) is 15.1 Å². The zero-order chi connectivity index (χ0) is 75.7. The van der Waals surface area contributed by atoms with Crippen molar-refractivity contribution in [2.24, 2.45) is 4.99 Å². The second kappa shape index (κ2) is 41.1. The van der Waals surface area contributed by atoms with E-state index in [2.05, 4.69) is 144 Å². The molecule has 4 aliphatic carbocycles. The van der Waals surface area contributed by atoms with Crippen LogP contribution in [0.4, 0.5) is 9.59 Å². The number of aliphatic imine (C=N–C) groups is 1. The number of carbonyl (C=O) groups is 3. The van der Waals surface area contributed by atoms with E-state index in [0.717, 1.165) is 111 Å². The Bertz CT molecular complexity index is 3820. The summed E-state index contributed by atoms with van der Waals surface area (Å²) in [5.74, 6) is 0. The molecule has 4 aromatic carbocycles. The third-order valence-electron chi connectivity index (χ3n) is 18.7. The Kier molecular flexibility index (Phi) is 33.3. The molecule has 3 saturated heterocycles. The van der Waals surface area contributed by atoms with E-state index in [9.17, 15) is 14.4 Å². The van der Waals surface area contributed by atoms with E-state index in [1.165, 1.54) is 76.9 Å². The predicted octanol–water partition coefficient (Wildman–Crippen LogP) is 19.9. The summed E-state index contributed by atoms with van der Waals surface area (Å²) in [5, 5.41) is 3.67. The molecular weight excluding hydrogens is 1370 g/mol. The first-order valence-corrected chi connectivity index (χ1v) is 38.9. The molecule has 1 N–H and O–H groups in total. The molecule has 0 saturated carbocycles. The van der Waals surface area contributed by atoms with E-state index < -0.39 is 11.2 Å². The fourth-order valence-electron chi connectivity index (χ4n) is 14.1. The van der Waals surface area contributed by atoms with Crippen molar-refractivity contribution in [2.45, 2.75) is 224 Å². The number of fused-ring (bicyclic) bond motifs is 4. The highest BCUT2D eigenvalue weighted by atomic mass is 79.9. The number of hydrogen-bond donors (Lipinski definition) is 1. The Balaban J connectivity index is 0.000000184. The first-order chi connectivity index (χ1) is 50.2. The minimum atomic E-state index is -0.540. The van der Waals surface area contributed by atoms with Gasteiger partial charge >= 0.3 is 12.2 Å². The lowest BCUT2D eigenvalue weighted by Crippen LogP contribution is -2.43. The van der Waals surface area contributed by atoms with Gasteiger partial charge in [-0.25, -0.2) is 9.59 Å². The van der Waals surface area contributed by atoms with Gasteiger partial charge in [0.05, 0.1) is 57.8 Å². The highest BCUT2D eigenvalue weighted by Gasteiger charge is 2.40. The van der Waals surface area contributed by atoms with Gasteiger partial charge in [-0.15, -0.1) is 0 Å². The highest BCUT2D eigenvalue weighted by Crippen LogP contribution is 2.46. The monoisotopic (exact) mass is 1490 g/mol. The van der Waals surface area contributed by atoms with Gasteiger partial charge in [-0.1, -0.05) is 203 Å². The van der Waals surface area contributed by atoms with Crippen LogP contribution in [0.3, 0.4) is 0 Å². The number of rotatable bonds is 7. The lowest BCUT2D eigenvalue weighted by molar-refractivity contribution is -0.105. The number of benzene rings is 4. The van der Waals surface area contributed by atoms with Gasteiger partial charge in [-0.05, 0) is 216 Å². The van der Waals surface area contributed by atoms with Crippen LogP contribution in [0.5, 0.6) is 0 Å². The topological polar surface area (TPSA) is 156 Å². The van der Waals surface area contributed by atoms with Crippen LogP contribution < -0.4 is 5.32 Å². The van der Waals surface area contributed by atoms with Crippen molar-refractivity contribution in [3.05, 3.63) is 232 Å². The SMILES string of the molecule is C1=NCCc2ccccc21.CC.CC.CC.CC.CC1=C(Br)C=C(C2OCCO2)C1.CC1=C(C2NCCc3ccccc32)C=C(C2OCCO2)C1.CC1=C(C2c3ccccc3CCN2C(=O)OC(C)(C)C)C=C(C2OCCO2)C1.CC1=C(C2c3ccccc3CCN2C(=O)OC(C)(C)C)C=C(C=O)C1. The Morgan fingerprint density at radius 3 is 1.30 bits per heavy atom. The molecule has 3 atom stereocenters. The maximum absolute atomic E-state index is 13.0. The van der Waals surface area contributed by atoms with E-state index in [4.69, 9.17) is 37.9 Å². The Morgan fingerprint density at radius 1 is 0.481 bits per heavy atom. The molecule has 3 fully saturated rings. The van der Waals surface area contributed by atoms with Crippen molar-refractivity contribution in [3.8, 4) is 0 Å². The number of allylic oxidation sites excluding steroid dienone is 7. The molecule has 0 radical (unpaired) electrons. The van der Waals surface area contributed by atoms with Crippen molar-refractivity contribution in [2.75, 3.05) is 65.8 Å². The molecule has 15 nitrogen and oxygen atoms in total. The van der Waals surface area contributed by atoms with Crippen LogP contribution in [0.2, 0.25) is 0 Å². The van der Waals surface area contributed by atoms with E-state index in [0.29, 0.717) is 52.0 Å². The number of carbonyl (C=O) groups excluding carboxylic acids is 3. The first kappa shape index (κ1) is 84.1. The second-order valence-electron chi connectivity index (χ2n) is 28.1. The average molecular weight is 1490 g/mol. The zero-order valence-electron chi connectivity index (χ0n) is 65.6. The van der Waals surface area contributed by atoms with Crippen molar-refractivity contribution < 1.29 is 52.3 Å². The van der Waals surface area contributed by atoms with Gasteiger partial charge in [-0.3, -0.25) is 19.6 Å². The molecule has 0 spiro atoms. The van der Waals surface area contributed by atoms with E-state index in [1.807, 2.05) is 139 Å². The van der Waals surface area contributed by atoms with Gasteiger partial charge in [-0.2, -0.15) is 0 Å². The summed E-state index contributed by atoms with van der Waals surface area (Å²) < 4.78 is 46.1. The molecule has 2 amide bonds. The maximum atomic E-state index is 13.0. The largest absolute Gasteiger partial charge is 0.444 e. The van der Waals surface area contributed by atoms with Crippen LogP contribution >= 0.6 is 15.9 Å². The molecule has 0 bridgehead atoms. The Labute approximate surface area is 631 Å². The molecule has 4 aromatic rings. The summed E-state index contributed by atoms with van der Waals surface area (Å²) in [7, 11) is 0. The van der Waals surface area contributed by atoms with Crippen LogP contribution in [-0.2, 0) is 68.4 Å². The van der Waals surface area contributed by atoms with Crippen LogP contribution in [0, 0.1) is 0 Å². The minimum absolute atomic E-state index is 0.0880. The van der Waals surface area contributed by atoms with Gasteiger partial charge in [0.15, 0.2) is 18.9 Å². The minimum Gasteiger partial charge on any atom is -0.444 e. The van der Waals surface area contributed by atoms with Crippen LogP contribution in [0.25, 0.3) is 0 Å². The third-order valence-corrected chi connectivity index (χ3v) is 19.6. The van der Waals surface area contributed by atoms with Crippen molar-refractivity contribution in [3.63, 3.8) is 0 Å². The summed E-state index contributed by atoms with van der Waals surface area (Å²) in [6.07, 6.45) is 17.6. The quantitative estimate of drug-likeness (QED) is 0.175. The molecule has 104 heavy (non-hydrogen) atoms. The standard InChI is InChI=1S/C23H29NO4.C21H25NO3.C18H21NO2.C9H11BrO2.C9H9N.4C2H6/c1-15-13-17(21-26-11-12-27-21)14-19(15)20-18-8-6-5-7-16(18)9-10-24(20)22(25)28-23(2,3)4;1-14-11-15(13-23)12-18(14)19-17-8-6-5-7-16(17)9-10-22(19)20(24)25-21(2,3)4;1-12-10-14(18-20-8-9-21-18)11-16(12)17-15-5-3-2-4-13(15)6-7-19-17;1-6-4-7(5-8(6)10)9-11-2-3-12-9;1-2-4-9-7-10-6-5-8(9)3-1;4*1-2/h5-8,14,20-21H,9-13H2,1-4H3;5-8,12-13,19H,9-11H2,1-4H3;2-5,11,17-19H,6-10H2,1H3;5,9H,2-4H2,1H3;1-4,7H,5-6H2;4*1-2H3. The van der Waals surface area contributed by atoms with Gasteiger partial charge in [0.2, 0.25) is 0 Å². The third kappa shape index (κ3) is 22.5. The summed E-state index contributed by atoms with van der Waals surface area (Å²) in [5.41, 5.74) is 22.6. The lowest BCUT2D eigenvalue weighted by Gasteiger charge is -2.39. The fraction of sp³-hybridized carbons (Fsp3) is 0.500. The summed E-state index contributed by atoms with van der Waals surface area (Å²) in [4.78, 5) is 45.0. The number of halogens is 1. The zero-order valence-corrected chi connectivity index (χ0v) is 67.2. The summed E-state index contributed by atoms with van der Waals surface area (Å²) >= 11 is 3.48. The molecule has 15 rings (SSSR count). The number of hydrogen-bond acceptors (Lipinski definition) is 13. The van der Waals surface area contributed by atoms with Crippen molar-refractivity contribution >= 4 is 40.6 Å². The molecule has 7 aliphatic heterocycles. The number of aldehydes is 1. The molecule has 0 aromatic heterocycles. The molecular formula is C88H119BrN4O11. The predicted molar refractivity (Wildman–Crippen MR) is 424 cm³/mol. The number of amides is 2. The maximum Gasteiger partial charge on any atom is 0.411 e. The molecule has 7 heterocycles. The average Bonchev–Trinajstić information content (AvgIpc) is 1.42. The highest BCUT2D eigenvalue weighted by molar-refractivity contribution is 9.11. The molecule has 16 heteroatoms. The Morgan fingerprint density at radius 2 is 0.865 bits per heavy atom. The number of ether oxygens (including phenoxy) is 8. The van der Waals surface area contributed by atoms with Gasteiger partial charge < -0.3 is 43.2 Å². The fourth-order valence-corrected chi connectivity index (χ4v) is 14.6. The number of nitrogens with one attached hydrogen (secondary N) is 1. The van der Waals surface area contributed by atoms with Crippen LogP contribution in [0.15, 0.2) is 192 Å². The molecule has 564 valence electrons.